The van der Waals surface area contributed by atoms with Crippen LogP contribution in [-0.4, -0.2) is 25.8 Å². The first-order valence-corrected chi connectivity index (χ1v) is 8.50. The first-order chi connectivity index (χ1) is 11.7. The Morgan fingerprint density at radius 3 is 2.58 bits per heavy atom. The molecule has 1 fully saturated rings. The molecule has 2 N–H and O–H groups in total. The molecule has 0 saturated carbocycles. The number of piperidine rings is 1. The van der Waals surface area contributed by atoms with Crippen molar-refractivity contribution in [3.8, 4) is 11.5 Å². The lowest BCUT2D eigenvalue weighted by atomic mass is 9.81. The maximum absolute atomic E-state index is 6.36. The standard InChI is InChI=1S/C20H26N2O2/c1-23-18-10-11-19(24-2)17(14-18)13-16-9-6-12-22(21)20(16)15-7-4-3-5-8-15/h3-5,7-8,10-11,14,16,20H,6,9,12-13,21H2,1-2H3/t16-,20+/m0/s1. The third-order valence-corrected chi connectivity index (χ3v) is 4.91. The van der Waals surface area contributed by atoms with Crippen molar-refractivity contribution in [3.63, 3.8) is 0 Å². The number of nitrogens with zero attached hydrogens (tertiary/aromatic N) is 1. The maximum atomic E-state index is 6.36. The lowest BCUT2D eigenvalue weighted by molar-refractivity contribution is 0.0922. The minimum atomic E-state index is 0.232. The Hall–Kier alpha value is -2.04. The number of hydrogen-bond acceptors (Lipinski definition) is 4. The minimum Gasteiger partial charge on any atom is -0.497 e. The molecule has 0 spiro atoms. The van der Waals surface area contributed by atoms with Gasteiger partial charge in [-0.2, -0.15) is 0 Å². The molecule has 0 unspecified atom stereocenters. The summed E-state index contributed by atoms with van der Waals surface area (Å²) in [5, 5.41) is 2.00. The molecular weight excluding hydrogens is 300 g/mol. The van der Waals surface area contributed by atoms with E-state index in [1.807, 2.05) is 23.2 Å². The molecule has 1 saturated heterocycles. The molecule has 0 radical (unpaired) electrons. The van der Waals surface area contributed by atoms with E-state index in [1.165, 1.54) is 11.1 Å². The number of ether oxygens (including phenoxy) is 2. The van der Waals surface area contributed by atoms with E-state index < -0.39 is 0 Å². The van der Waals surface area contributed by atoms with Gasteiger partial charge in [0.25, 0.3) is 0 Å². The Bertz CT molecular complexity index is 660. The van der Waals surface area contributed by atoms with Crippen molar-refractivity contribution in [2.24, 2.45) is 11.8 Å². The van der Waals surface area contributed by atoms with Crippen LogP contribution in [0.2, 0.25) is 0 Å². The maximum Gasteiger partial charge on any atom is 0.122 e. The molecular formula is C20H26N2O2. The summed E-state index contributed by atoms with van der Waals surface area (Å²) in [4.78, 5) is 0. The van der Waals surface area contributed by atoms with E-state index in [0.717, 1.165) is 37.3 Å². The lowest BCUT2D eigenvalue weighted by Gasteiger charge is -2.39. The number of benzene rings is 2. The second kappa shape index (κ2) is 7.69. The van der Waals surface area contributed by atoms with Crippen LogP contribution < -0.4 is 15.3 Å². The van der Waals surface area contributed by atoms with E-state index in [2.05, 4.69) is 30.3 Å². The average molecular weight is 326 g/mol. The average Bonchev–Trinajstić information content (AvgIpc) is 2.62. The van der Waals surface area contributed by atoms with Crippen LogP contribution in [0.3, 0.4) is 0 Å². The van der Waals surface area contributed by atoms with Gasteiger partial charge in [-0.3, -0.25) is 5.84 Å². The van der Waals surface area contributed by atoms with E-state index in [9.17, 15) is 0 Å². The van der Waals surface area contributed by atoms with Crippen LogP contribution in [0.25, 0.3) is 0 Å². The molecule has 4 nitrogen and oxygen atoms in total. The summed E-state index contributed by atoms with van der Waals surface area (Å²) in [6.07, 6.45) is 3.21. The van der Waals surface area contributed by atoms with Crippen LogP contribution >= 0.6 is 0 Å². The van der Waals surface area contributed by atoms with Crippen molar-refractivity contribution in [3.05, 3.63) is 59.7 Å². The Morgan fingerprint density at radius 1 is 1.08 bits per heavy atom. The summed E-state index contributed by atoms with van der Waals surface area (Å²) < 4.78 is 10.9. The van der Waals surface area contributed by atoms with E-state index >= 15 is 0 Å². The Balaban J connectivity index is 1.89. The monoisotopic (exact) mass is 326 g/mol. The molecule has 2 aromatic rings. The third kappa shape index (κ3) is 3.55. The molecule has 0 aromatic heterocycles. The molecule has 0 bridgehead atoms. The first-order valence-electron chi connectivity index (χ1n) is 8.50. The predicted molar refractivity (Wildman–Crippen MR) is 96.1 cm³/mol. The minimum absolute atomic E-state index is 0.232. The summed E-state index contributed by atoms with van der Waals surface area (Å²) in [5.41, 5.74) is 2.46. The highest BCUT2D eigenvalue weighted by Crippen LogP contribution is 2.38. The zero-order chi connectivity index (χ0) is 16.9. The fraction of sp³-hybridized carbons (Fsp3) is 0.400. The number of methoxy groups -OCH3 is 2. The quantitative estimate of drug-likeness (QED) is 0.853. The van der Waals surface area contributed by atoms with E-state index in [1.54, 1.807) is 14.2 Å². The van der Waals surface area contributed by atoms with Crippen LogP contribution in [0.4, 0.5) is 0 Å². The molecule has 128 valence electrons. The molecule has 1 aliphatic rings. The van der Waals surface area contributed by atoms with Gasteiger partial charge in [-0.05, 0) is 54.5 Å². The summed E-state index contributed by atoms with van der Waals surface area (Å²) in [5.74, 6) is 8.59. The molecule has 3 rings (SSSR count). The van der Waals surface area contributed by atoms with Gasteiger partial charge in [-0.25, -0.2) is 5.01 Å². The van der Waals surface area contributed by atoms with Gasteiger partial charge in [0.2, 0.25) is 0 Å². The Labute approximate surface area is 144 Å². The van der Waals surface area contributed by atoms with Gasteiger partial charge >= 0.3 is 0 Å². The molecule has 2 aromatic carbocycles. The Morgan fingerprint density at radius 2 is 1.88 bits per heavy atom. The van der Waals surface area contributed by atoms with Crippen molar-refractivity contribution in [1.82, 2.24) is 5.01 Å². The summed E-state index contributed by atoms with van der Waals surface area (Å²) in [6, 6.07) is 16.8. The number of nitrogens with two attached hydrogens (primary N) is 1. The third-order valence-electron chi connectivity index (χ3n) is 4.91. The first kappa shape index (κ1) is 16.8. The van der Waals surface area contributed by atoms with E-state index in [0.29, 0.717) is 5.92 Å². The van der Waals surface area contributed by atoms with Crippen LogP contribution in [0.1, 0.15) is 30.0 Å². The van der Waals surface area contributed by atoms with Gasteiger partial charge in [0, 0.05) is 6.54 Å². The number of rotatable bonds is 5. The van der Waals surface area contributed by atoms with Crippen molar-refractivity contribution in [2.75, 3.05) is 20.8 Å². The van der Waals surface area contributed by atoms with Gasteiger partial charge in [-0.1, -0.05) is 30.3 Å². The van der Waals surface area contributed by atoms with Crippen molar-refractivity contribution in [2.45, 2.75) is 25.3 Å². The van der Waals surface area contributed by atoms with Crippen LogP contribution in [0.15, 0.2) is 48.5 Å². The highest BCUT2D eigenvalue weighted by atomic mass is 16.5. The molecule has 4 heteroatoms. The summed E-state index contributed by atoms with van der Waals surface area (Å²) >= 11 is 0. The molecule has 1 heterocycles. The fourth-order valence-corrected chi connectivity index (χ4v) is 3.76. The topological polar surface area (TPSA) is 47.7 Å². The fourth-order valence-electron chi connectivity index (χ4n) is 3.76. The van der Waals surface area contributed by atoms with Gasteiger partial charge < -0.3 is 9.47 Å². The second-order valence-corrected chi connectivity index (χ2v) is 6.38. The van der Waals surface area contributed by atoms with E-state index in [4.69, 9.17) is 15.3 Å². The number of hydrogen-bond donors (Lipinski definition) is 1. The highest BCUT2D eigenvalue weighted by molar-refractivity contribution is 5.41. The zero-order valence-corrected chi connectivity index (χ0v) is 14.4. The molecule has 2 atom stereocenters. The smallest absolute Gasteiger partial charge is 0.122 e. The highest BCUT2D eigenvalue weighted by Gasteiger charge is 2.31. The van der Waals surface area contributed by atoms with Crippen LogP contribution in [0.5, 0.6) is 11.5 Å². The number of hydrazine groups is 1. The Kier molecular flexibility index (Phi) is 5.38. The lowest BCUT2D eigenvalue weighted by Crippen LogP contribution is -2.44. The largest absolute Gasteiger partial charge is 0.497 e. The van der Waals surface area contributed by atoms with Gasteiger partial charge in [0.05, 0.1) is 20.3 Å². The molecule has 0 aliphatic carbocycles. The molecule has 24 heavy (non-hydrogen) atoms. The zero-order valence-electron chi connectivity index (χ0n) is 14.4. The molecule has 1 aliphatic heterocycles. The van der Waals surface area contributed by atoms with Crippen LogP contribution in [-0.2, 0) is 6.42 Å². The summed E-state index contributed by atoms with van der Waals surface area (Å²) in [6.45, 7) is 0.936. The van der Waals surface area contributed by atoms with Crippen molar-refractivity contribution < 1.29 is 9.47 Å². The second-order valence-electron chi connectivity index (χ2n) is 6.38. The van der Waals surface area contributed by atoms with Gasteiger partial charge in [0.1, 0.15) is 11.5 Å². The van der Waals surface area contributed by atoms with E-state index in [-0.39, 0.29) is 6.04 Å². The van der Waals surface area contributed by atoms with Crippen molar-refractivity contribution in [1.29, 1.82) is 0 Å². The summed E-state index contributed by atoms with van der Waals surface area (Å²) in [7, 11) is 3.41. The van der Waals surface area contributed by atoms with Crippen LogP contribution in [0, 0.1) is 5.92 Å². The van der Waals surface area contributed by atoms with Gasteiger partial charge in [0.15, 0.2) is 0 Å². The normalized spacial score (nSPS) is 21.5. The van der Waals surface area contributed by atoms with Crippen molar-refractivity contribution >= 4 is 0 Å². The SMILES string of the molecule is COc1ccc(OC)c(C[C@@H]2CCCN(N)[C@@H]2c2ccccc2)c1. The molecule has 0 amide bonds. The van der Waals surface area contributed by atoms with Gasteiger partial charge in [-0.15, -0.1) is 0 Å². The predicted octanol–water partition coefficient (Wildman–Crippen LogP) is 3.57.